The first-order valence-electron chi connectivity index (χ1n) is 8.55. The molecule has 0 amide bonds. The van der Waals surface area contributed by atoms with Crippen molar-refractivity contribution in [1.29, 1.82) is 0 Å². The topological polar surface area (TPSA) is 53.1 Å². The van der Waals surface area contributed by atoms with E-state index in [9.17, 15) is 9.90 Å². The Morgan fingerprint density at radius 2 is 1.50 bits per heavy atom. The molecular weight excluding hydrogens is 298 g/mol. The summed E-state index contributed by atoms with van der Waals surface area (Å²) in [7, 11) is 0. The molecule has 1 aromatic carbocycles. The number of hydrogen-bond acceptors (Lipinski definition) is 2. The molecule has 1 aromatic heterocycles. The van der Waals surface area contributed by atoms with E-state index in [0.29, 0.717) is 16.9 Å². The second-order valence-corrected chi connectivity index (χ2v) is 8.50. The molecule has 3 heteroatoms. The van der Waals surface area contributed by atoms with Gasteiger partial charge in [0.2, 0.25) is 0 Å². The summed E-state index contributed by atoms with van der Waals surface area (Å²) in [6.45, 7) is 14.4. The van der Waals surface area contributed by atoms with Crippen LogP contribution in [-0.2, 0) is 17.3 Å². The summed E-state index contributed by atoms with van der Waals surface area (Å²) in [5, 5.41) is 10.8. The van der Waals surface area contributed by atoms with E-state index in [0.717, 1.165) is 23.1 Å². The number of nitrogens with one attached hydrogen (secondary N) is 1. The van der Waals surface area contributed by atoms with Crippen molar-refractivity contribution >= 4 is 5.78 Å². The van der Waals surface area contributed by atoms with E-state index >= 15 is 0 Å². The van der Waals surface area contributed by atoms with Crippen LogP contribution < -0.4 is 0 Å². The molecule has 0 aliphatic carbocycles. The molecule has 0 aliphatic heterocycles. The van der Waals surface area contributed by atoms with Gasteiger partial charge in [0, 0.05) is 34.6 Å². The summed E-state index contributed by atoms with van der Waals surface area (Å²) in [6, 6.07) is 3.69. The molecule has 0 fully saturated rings. The van der Waals surface area contributed by atoms with E-state index in [1.807, 2.05) is 25.3 Å². The van der Waals surface area contributed by atoms with Crippen LogP contribution in [-0.4, -0.2) is 15.9 Å². The third-order valence-electron chi connectivity index (χ3n) is 4.44. The van der Waals surface area contributed by atoms with Gasteiger partial charge in [-0.15, -0.1) is 0 Å². The van der Waals surface area contributed by atoms with Crippen LogP contribution in [0.15, 0.2) is 24.5 Å². The largest absolute Gasteiger partial charge is 0.507 e. The zero-order chi connectivity index (χ0) is 18.3. The number of ketones is 1. The van der Waals surface area contributed by atoms with Gasteiger partial charge in [0.1, 0.15) is 5.75 Å². The van der Waals surface area contributed by atoms with Crippen molar-refractivity contribution in [2.45, 2.75) is 65.7 Å². The summed E-state index contributed by atoms with van der Waals surface area (Å²) in [4.78, 5) is 16.1. The van der Waals surface area contributed by atoms with Crippen molar-refractivity contribution in [3.8, 4) is 5.75 Å². The van der Waals surface area contributed by atoms with Gasteiger partial charge in [-0.2, -0.15) is 0 Å². The molecule has 2 rings (SSSR count). The smallest absolute Gasteiger partial charge is 0.194 e. The molecule has 130 valence electrons. The lowest BCUT2D eigenvalue weighted by atomic mass is 9.77. The second-order valence-electron chi connectivity index (χ2n) is 8.50. The molecule has 2 aromatic rings. The van der Waals surface area contributed by atoms with Crippen LogP contribution in [0.3, 0.4) is 0 Å². The van der Waals surface area contributed by atoms with Gasteiger partial charge in [0.05, 0.1) is 0 Å². The third-order valence-corrected chi connectivity index (χ3v) is 4.44. The number of phenols is 1. The lowest BCUT2D eigenvalue weighted by molar-refractivity contribution is 0.103. The predicted molar refractivity (Wildman–Crippen MR) is 99.1 cm³/mol. The SMILES string of the molecule is CCc1c[nH]cc1C(=O)c1cc(C(C)(C)C)c(O)c(C(C)(C)C)c1. The number of aryl methyl sites for hydroxylation is 1. The summed E-state index contributed by atoms with van der Waals surface area (Å²) in [5.41, 5.74) is 3.50. The summed E-state index contributed by atoms with van der Waals surface area (Å²) in [6.07, 6.45) is 4.45. The van der Waals surface area contributed by atoms with E-state index in [2.05, 4.69) is 46.5 Å². The van der Waals surface area contributed by atoms with Crippen molar-refractivity contribution in [3.05, 3.63) is 52.3 Å². The molecule has 0 bridgehead atoms. The molecule has 0 saturated carbocycles. The van der Waals surface area contributed by atoms with E-state index in [1.165, 1.54) is 0 Å². The van der Waals surface area contributed by atoms with Crippen LogP contribution in [0.4, 0.5) is 0 Å². The number of H-pyrrole nitrogens is 1. The van der Waals surface area contributed by atoms with Crippen LogP contribution in [0.25, 0.3) is 0 Å². The fraction of sp³-hybridized carbons (Fsp3) is 0.476. The third kappa shape index (κ3) is 3.40. The first-order chi connectivity index (χ1) is 11.0. The quantitative estimate of drug-likeness (QED) is 0.770. The van der Waals surface area contributed by atoms with Crippen LogP contribution in [0.1, 0.15) is 81.1 Å². The Balaban J connectivity index is 2.69. The number of phenolic OH excluding ortho intramolecular Hbond substituents is 1. The maximum Gasteiger partial charge on any atom is 0.194 e. The van der Waals surface area contributed by atoms with E-state index in [1.54, 1.807) is 6.20 Å². The maximum atomic E-state index is 13.1. The molecule has 0 radical (unpaired) electrons. The Kier molecular flexibility index (Phi) is 4.67. The highest BCUT2D eigenvalue weighted by Gasteiger charge is 2.28. The van der Waals surface area contributed by atoms with Gasteiger partial charge in [-0.05, 0) is 34.9 Å². The van der Waals surface area contributed by atoms with Crippen molar-refractivity contribution in [2.24, 2.45) is 0 Å². The first-order valence-corrected chi connectivity index (χ1v) is 8.55. The summed E-state index contributed by atoms with van der Waals surface area (Å²) < 4.78 is 0. The average molecular weight is 327 g/mol. The second kappa shape index (κ2) is 6.12. The van der Waals surface area contributed by atoms with Gasteiger partial charge in [0.15, 0.2) is 5.78 Å². The molecule has 1 heterocycles. The van der Waals surface area contributed by atoms with Gasteiger partial charge in [-0.1, -0.05) is 48.5 Å². The lowest BCUT2D eigenvalue weighted by Gasteiger charge is -2.28. The summed E-state index contributed by atoms with van der Waals surface area (Å²) in [5.74, 6) is 0.306. The fourth-order valence-corrected chi connectivity index (χ4v) is 2.96. The highest BCUT2D eigenvalue weighted by Crippen LogP contribution is 2.40. The molecule has 0 spiro atoms. The number of aromatic amines is 1. The summed E-state index contributed by atoms with van der Waals surface area (Å²) >= 11 is 0. The van der Waals surface area contributed by atoms with Crippen molar-refractivity contribution in [3.63, 3.8) is 0 Å². The molecule has 3 nitrogen and oxygen atoms in total. The number of aromatic nitrogens is 1. The number of carbonyl (C=O) groups excluding carboxylic acids is 1. The minimum absolute atomic E-state index is 0.00380. The van der Waals surface area contributed by atoms with Gasteiger partial charge in [-0.25, -0.2) is 0 Å². The van der Waals surface area contributed by atoms with Gasteiger partial charge in [0.25, 0.3) is 0 Å². The lowest BCUT2D eigenvalue weighted by Crippen LogP contribution is -2.19. The minimum atomic E-state index is -0.244. The molecule has 0 saturated heterocycles. The zero-order valence-corrected chi connectivity index (χ0v) is 15.9. The predicted octanol–water partition coefficient (Wildman–Crippen LogP) is 5.11. The van der Waals surface area contributed by atoms with Crippen molar-refractivity contribution < 1.29 is 9.90 Å². The van der Waals surface area contributed by atoms with Crippen molar-refractivity contribution in [1.82, 2.24) is 4.98 Å². The number of rotatable bonds is 3. The average Bonchev–Trinajstić information content (AvgIpc) is 2.92. The molecular formula is C21H29NO2. The fourth-order valence-electron chi connectivity index (χ4n) is 2.96. The molecule has 2 N–H and O–H groups in total. The monoisotopic (exact) mass is 327 g/mol. The number of benzene rings is 1. The van der Waals surface area contributed by atoms with Crippen molar-refractivity contribution in [2.75, 3.05) is 0 Å². The van der Waals surface area contributed by atoms with Gasteiger partial charge >= 0.3 is 0 Å². The Labute approximate surface area is 145 Å². The molecule has 24 heavy (non-hydrogen) atoms. The number of hydrogen-bond donors (Lipinski definition) is 2. The highest BCUT2D eigenvalue weighted by atomic mass is 16.3. The molecule has 0 aliphatic rings. The standard InChI is InChI=1S/C21H29NO2/c1-8-13-11-22-12-15(13)18(23)14-9-16(20(2,3)4)19(24)17(10-14)21(5,6)7/h9-12,22,24H,8H2,1-7H3. The minimum Gasteiger partial charge on any atom is -0.507 e. The first kappa shape index (κ1) is 18.3. The van der Waals surface area contributed by atoms with Crippen LogP contribution in [0.2, 0.25) is 0 Å². The van der Waals surface area contributed by atoms with E-state index in [4.69, 9.17) is 0 Å². The number of carbonyl (C=O) groups is 1. The Morgan fingerprint density at radius 3 is 1.92 bits per heavy atom. The normalized spacial score (nSPS) is 12.5. The van der Waals surface area contributed by atoms with E-state index in [-0.39, 0.29) is 16.6 Å². The van der Waals surface area contributed by atoms with Crippen LogP contribution in [0, 0.1) is 0 Å². The van der Waals surface area contributed by atoms with E-state index < -0.39 is 0 Å². The van der Waals surface area contributed by atoms with Crippen LogP contribution in [0.5, 0.6) is 5.75 Å². The van der Waals surface area contributed by atoms with Gasteiger partial charge in [-0.3, -0.25) is 4.79 Å². The molecule has 0 atom stereocenters. The Morgan fingerprint density at radius 1 is 1.00 bits per heavy atom. The number of aromatic hydroxyl groups is 1. The van der Waals surface area contributed by atoms with Crippen LogP contribution >= 0.6 is 0 Å². The molecule has 0 unspecified atom stereocenters. The highest BCUT2D eigenvalue weighted by molar-refractivity contribution is 6.10. The maximum absolute atomic E-state index is 13.1. The van der Waals surface area contributed by atoms with Gasteiger partial charge < -0.3 is 10.1 Å². The Bertz CT molecular complexity index is 720. The zero-order valence-electron chi connectivity index (χ0n) is 15.9. The Hall–Kier alpha value is -2.03.